The van der Waals surface area contributed by atoms with Crippen molar-refractivity contribution in [3.63, 3.8) is 0 Å². The maximum absolute atomic E-state index is 13.6. The lowest BCUT2D eigenvalue weighted by Crippen LogP contribution is -2.46. The molecule has 1 fully saturated rings. The van der Waals surface area contributed by atoms with Gasteiger partial charge in [-0.25, -0.2) is 0 Å². The Morgan fingerprint density at radius 1 is 1.02 bits per heavy atom. The molecule has 11 nitrogen and oxygen atoms in total. The molecule has 45 heavy (non-hydrogen) atoms. The first-order valence-corrected chi connectivity index (χ1v) is 15.9. The van der Waals surface area contributed by atoms with E-state index in [9.17, 15) is 14.4 Å². The minimum atomic E-state index is -0.926. The number of benzene rings is 2. The SMILES string of the molecule is CCOC(=O)C1(CC2CC2)CNC(=O)CCCN(Cc2cc3c(cc2C)OCO3)CCNC(=O)COc2cc(ccc2OC)C1. The van der Waals surface area contributed by atoms with Crippen molar-refractivity contribution in [2.75, 3.05) is 53.3 Å². The second kappa shape index (κ2) is 14.9. The summed E-state index contributed by atoms with van der Waals surface area (Å²) in [6.45, 7) is 6.55. The number of ether oxygens (including phenoxy) is 5. The van der Waals surface area contributed by atoms with Crippen LogP contribution in [0.5, 0.6) is 23.0 Å². The number of esters is 1. The summed E-state index contributed by atoms with van der Waals surface area (Å²) < 4.78 is 28.1. The Balaban J connectivity index is 1.37. The van der Waals surface area contributed by atoms with Crippen molar-refractivity contribution in [2.24, 2.45) is 11.3 Å². The van der Waals surface area contributed by atoms with Gasteiger partial charge in [-0.05, 0) is 86.5 Å². The third kappa shape index (κ3) is 8.59. The third-order valence-electron chi connectivity index (χ3n) is 8.69. The zero-order valence-corrected chi connectivity index (χ0v) is 26.6. The lowest BCUT2D eigenvalue weighted by atomic mass is 9.76. The molecule has 2 bridgehead atoms. The Kier molecular flexibility index (Phi) is 10.7. The summed E-state index contributed by atoms with van der Waals surface area (Å²) in [5.74, 6) is 2.11. The van der Waals surface area contributed by atoms with E-state index < -0.39 is 5.41 Å². The molecular formula is C34H45N3O8. The summed E-state index contributed by atoms with van der Waals surface area (Å²) in [6.07, 6.45) is 4.02. The molecule has 2 amide bonds. The minimum Gasteiger partial charge on any atom is -0.493 e. The number of hydrogen-bond donors (Lipinski definition) is 2. The average molecular weight is 624 g/mol. The van der Waals surface area contributed by atoms with Crippen LogP contribution in [0.15, 0.2) is 30.3 Å². The number of carbonyl (C=O) groups is 3. The smallest absolute Gasteiger partial charge is 0.314 e. The molecule has 1 aliphatic carbocycles. The van der Waals surface area contributed by atoms with E-state index in [1.807, 2.05) is 31.2 Å². The van der Waals surface area contributed by atoms with Crippen LogP contribution in [-0.4, -0.2) is 76.0 Å². The van der Waals surface area contributed by atoms with Crippen molar-refractivity contribution < 1.29 is 38.1 Å². The lowest BCUT2D eigenvalue weighted by molar-refractivity contribution is -0.156. The molecule has 1 saturated carbocycles. The molecule has 0 saturated heterocycles. The summed E-state index contributed by atoms with van der Waals surface area (Å²) >= 11 is 0. The van der Waals surface area contributed by atoms with Gasteiger partial charge in [0.2, 0.25) is 12.7 Å². The van der Waals surface area contributed by atoms with E-state index in [1.165, 1.54) is 0 Å². The molecule has 2 aliphatic heterocycles. The topological polar surface area (TPSA) is 125 Å². The summed E-state index contributed by atoms with van der Waals surface area (Å²) in [5.41, 5.74) is 2.08. The predicted octanol–water partition coefficient (Wildman–Crippen LogP) is 3.53. The van der Waals surface area contributed by atoms with Gasteiger partial charge in [-0.3, -0.25) is 19.3 Å². The summed E-state index contributed by atoms with van der Waals surface area (Å²) in [7, 11) is 1.54. The highest BCUT2D eigenvalue weighted by Crippen LogP contribution is 2.43. The number of amides is 2. The van der Waals surface area contributed by atoms with E-state index in [0.29, 0.717) is 69.3 Å². The highest BCUT2D eigenvalue weighted by molar-refractivity contribution is 5.81. The first-order chi connectivity index (χ1) is 21.8. The molecule has 1 unspecified atom stereocenters. The largest absolute Gasteiger partial charge is 0.493 e. The van der Waals surface area contributed by atoms with Crippen LogP contribution in [0.2, 0.25) is 0 Å². The number of fused-ring (bicyclic) bond motifs is 3. The van der Waals surface area contributed by atoms with Crippen LogP contribution in [0, 0.1) is 18.3 Å². The van der Waals surface area contributed by atoms with Crippen LogP contribution in [0.3, 0.4) is 0 Å². The number of rotatable bonds is 7. The monoisotopic (exact) mass is 623 g/mol. The molecule has 0 spiro atoms. The molecule has 2 aromatic carbocycles. The number of hydrogen-bond acceptors (Lipinski definition) is 9. The Hall–Kier alpha value is -3.99. The van der Waals surface area contributed by atoms with Crippen molar-refractivity contribution in [1.82, 2.24) is 15.5 Å². The Morgan fingerprint density at radius 3 is 2.58 bits per heavy atom. The number of aryl methyl sites for hydroxylation is 1. The molecule has 11 heteroatoms. The highest BCUT2D eigenvalue weighted by atomic mass is 16.7. The van der Waals surface area contributed by atoms with E-state index in [1.54, 1.807) is 20.1 Å². The Bertz CT molecular complexity index is 1380. The zero-order chi connectivity index (χ0) is 31.8. The molecule has 0 aromatic heterocycles. The van der Waals surface area contributed by atoms with Gasteiger partial charge in [-0.2, -0.15) is 0 Å². The quantitative estimate of drug-likeness (QED) is 0.446. The molecule has 0 radical (unpaired) electrons. The van der Waals surface area contributed by atoms with Gasteiger partial charge in [-0.1, -0.05) is 18.9 Å². The summed E-state index contributed by atoms with van der Waals surface area (Å²) in [4.78, 5) is 41.8. The van der Waals surface area contributed by atoms with Gasteiger partial charge in [0.05, 0.1) is 19.1 Å². The molecule has 2 heterocycles. The number of nitrogens with one attached hydrogen (secondary N) is 2. The predicted molar refractivity (Wildman–Crippen MR) is 166 cm³/mol. The maximum atomic E-state index is 13.6. The fourth-order valence-corrected chi connectivity index (χ4v) is 6.06. The van der Waals surface area contributed by atoms with Gasteiger partial charge in [0.25, 0.3) is 5.91 Å². The Labute approximate surface area is 264 Å². The number of carbonyl (C=O) groups excluding carboxylic acids is 3. The van der Waals surface area contributed by atoms with E-state index in [2.05, 4.69) is 15.5 Å². The molecular weight excluding hydrogens is 578 g/mol. The second-order valence-corrected chi connectivity index (χ2v) is 12.2. The highest BCUT2D eigenvalue weighted by Gasteiger charge is 2.44. The van der Waals surface area contributed by atoms with Gasteiger partial charge in [0.15, 0.2) is 29.6 Å². The van der Waals surface area contributed by atoms with E-state index in [4.69, 9.17) is 23.7 Å². The number of methoxy groups -OCH3 is 1. The fourth-order valence-electron chi connectivity index (χ4n) is 6.06. The zero-order valence-electron chi connectivity index (χ0n) is 26.6. The van der Waals surface area contributed by atoms with Crippen LogP contribution >= 0.6 is 0 Å². The van der Waals surface area contributed by atoms with Crippen LogP contribution in [0.4, 0.5) is 0 Å². The van der Waals surface area contributed by atoms with Crippen LogP contribution < -0.4 is 29.6 Å². The average Bonchev–Trinajstić information content (AvgIpc) is 3.72. The minimum absolute atomic E-state index is 0.105. The van der Waals surface area contributed by atoms with Crippen LogP contribution in [-0.2, 0) is 32.1 Å². The van der Waals surface area contributed by atoms with Crippen molar-refractivity contribution >= 4 is 17.8 Å². The van der Waals surface area contributed by atoms with Crippen molar-refractivity contribution in [2.45, 2.75) is 58.9 Å². The molecule has 3 aliphatic rings. The van der Waals surface area contributed by atoms with Gasteiger partial charge in [0.1, 0.15) is 0 Å². The van der Waals surface area contributed by atoms with E-state index in [-0.39, 0.29) is 44.3 Å². The molecule has 2 aromatic rings. The summed E-state index contributed by atoms with van der Waals surface area (Å²) in [6, 6.07) is 9.46. The van der Waals surface area contributed by atoms with Crippen molar-refractivity contribution in [3.8, 4) is 23.0 Å². The van der Waals surface area contributed by atoms with Gasteiger partial charge < -0.3 is 34.3 Å². The van der Waals surface area contributed by atoms with Gasteiger partial charge in [0, 0.05) is 32.6 Å². The fraction of sp³-hybridized carbons (Fsp3) is 0.559. The van der Waals surface area contributed by atoms with Crippen LogP contribution in [0.1, 0.15) is 55.7 Å². The third-order valence-corrected chi connectivity index (χ3v) is 8.69. The normalized spacial score (nSPS) is 21.5. The van der Waals surface area contributed by atoms with Gasteiger partial charge in [-0.15, -0.1) is 0 Å². The molecule has 2 N–H and O–H groups in total. The van der Waals surface area contributed by atoms with Crippen LogP contribution in [0.25, 0.3) is 0 Å². The maximum Gasteiger partial charge on any atom is 0.314 e. The van der Waals surface area contributed by atoms with E-state index in [0.717, 1.165) is 41.0 Å². The van der Waals surface area contributed by atoms with Crippen molar-refractivity contribution in [1.29, 1.82) is 0 Å². The first kappa shape index (κ1) is 32.4. The molecule has 5 rings (SSSR count). The van der Waals surface area contributed by atoms with E-state index >= 15 is 0 Å². The first-order valence-electron chi connectivity index (χ1n) is 15.9. The standard InChI is InChI=1S/C34H45N3O8/c1-4-42-33(40)34(17-24-7-8-24)18-25-9-10-27(41-3)29(15-25)43-20-32(39)35-11-13-37(12-5-6-31(38)36-21-34)19-26-16-30-28(14-23(26)2)44-22-45-30/h9-10,14-16,24H,4-8,11-13,17-22H2,1-3H3,(H,35,39)(H,36,38). The number of nitrogens with zero attached hydrogens (tertiary/aromatic N) is 1. The van der Waals surface area contributed by atoms with Gasteiger partial charge >= 0.3 is 5.97 Å². The second-order valence-electron chi connectivity index (χ2n) is 12.2. The summed E-state index contributed by atoms with van der Waals surface area (Å²) in [5, 5.41) is 6.04. The Morgan fingerprint density at radius 2 is 1.82 bits per heavy atom. The molecule has 1 atom stereocenters. The molecule has 244 valence electrons. The van der Waals surface area contributed by atoms with Crippen molar-refractivity contribution in [3.05, 3.63) is 47.0 Å². The lowest BCUT2D eigenvalue weighted by Gasteiger charge is -2.32.